The summed E-state index contributed by atoms with van der Waals surface area (Å²) in [4.78, 5) is 16.5. The molecule has 0 aliphatic carbocycles. The SMILES string of the molecule is CON(Cc1ccc(NC(=O)OC(C)(C)C)cc1Cl)S(C)(=O)=O. The highest BCUT2D eigenvalue weighted by atomic mass is 35.5. The Bertz CT molecular complexity index is 670. The summed E-state index contributed by atoms with van der Waals surface area (Å²) in [5.41, 5.74) is 0.368. The number of ether oxygens (including phenoxy) is 1. The van der Waals surface area contributed by atoms with Gasteiger partial charge >= 0.3 is 6.09 Å². The number of sulfonamides is 1. The molecule has 0 saturated carbocycles. The van der Waals surface area contributed by atoms with Gasteiger partial charge in [0.25, 0.3) is 0 Å². The lowest BCUT2D eigenvalue weighted by Crippen LogP contribution is -2.28. The van der Waals surface area contributed by atoms with Crippen molar-refractivity contribution in [2.75, 3.05) is 18.7 Å². The van der Waals surface area contributed by atoms with E-state index in [1.54, 1.807) is 32.9 Å². The highest BCUT2D eigenvalue weighted by Gasteiger charge is 2.19. The van der Waals surface area contributed by atoms with E-state index in [1.807, 2.05) is 0 Å². The molecule has 23 heavy (non-hydrogen) atoms. The summed E-state index contributed by atoms with van der Waals surface area (Å²) in [5, 5.41) is 2.85. The lowest BCUT2D eigenvalue weighted by Gasteiger charge is -2.20. The Morgan fingerprint density at radius 2 is 1.96 bits per heavy atom. The van der Waals surface area contributed by atoms with Gasteiger partial charge in [0.05, 0.1) is 19.9 Å². The molecule has 1 aromatic rings. The first kappa shape index (κ1) is 19.7. The molecule has 0 fully saturated rings. The molecular formula is C14H21ClN2O5S. The van der Waals surface area contributed by atoms with Crippen molar-refractivity contribution in [1.82, 2.24) is 4.47 Å². The minimum atomic E-state index is -3.52. The van der Waals surface area contributed by atoms with E-state index in [0.717, 1.165) is 10.7 Å². The average molecular weight is 365 g/mol. The first-order chi connectivity index (χ1) is 10.4. The van der Waals surface area contributed by atoms with E-state index in [4.69, 9.17) is 21.2 Å². The number of hydrogen-bond donors (Lipinski definition) is 1. The van der Waals surface area contributed by atoms with Crippen LogP contribution in [0, 0.1) is 0 Å². The first-order valence-corrected chi connectivity index (χ1v) is 8.95. The zero-order valence-electron chi connectivity index (χ0n) is 13.7. The van der Waals surface area contributed by atoms with Gasteiger partial charge in [-0.3, -0.25) is 10.2 Å². The van der Waals surface area contributed by atoms with Crippen LogP contribution < -0.4 is 5.32 Å². The molecule has 9 heteroatoms. The van der Waals surface area contributed by atoms with Crippen molar-refractivity contribution in [2.24, 2.45) is 0 Å². The summed E-state index contributed by atoms with van der Waals surface area (Å²) in [6.07, 6.45) is 0.430. The van der Waals surface area contributed by atoms with Crippen LogP contribution in [0.2, 0.25) is 5.02 Å². The van der Waals surface area contributed by atoms with E-state index in [-0.39, 0.29) is 6.54 Å². The van der Waals surface area contributed by atoms with Crippen LogP contribution in [0.15, 0.2) is 18.2 Å². The summed E-state index contributed by atoms with van der Waals surface area (Å²) in [5.74, 6) is 0. The van der Waals surface area contributed by atoms with Crippen LogP contribution in [-0.2, 0) is 26.1 Å². The number of halogens is 1. The van der Waals surface area contributed by atoms with Crippen molar-refractivity contribution in [2.45, 2.75) is 32.9 Å². The summed E-state index contributed by atoms with van der Waals surface area (Å²) in [6.45, 7) is 5.23. The Morgan fingerprint density at radius 1 is 1.35 bits per heavy atom. The molecule has 130 valence electrons. The van der Waals surface area contributed by atoms with Gasteiger partial charge in [-0.1, -0.05) is 22.1 Å². The predicted molar refractivity (Wildman–Crippen MR) is 88.7 cm³/mol. The van der Waals surface area contributed by atoms with Gasteiger partial charge in [0.15, 0.2) is 0 Å². The van der Waals surface area contributed by atoms with Crippen molar-refractivity contribution < 1.29 is 22.8 Å². The van der Waals surface area contributed by atoms with Gasteiger partial charge in [0.2, 0.25) is 10.0 Å². The molecule has 0 aromatic heterocycles. The Kier molecular flexibility index (Phi) is 6.41. The third kappa shape index (κ3) is 6.74. The van der Waals surface area contributed by atoms with Gasteiger partial charge in [0, 0.05) is 10.7 Å². The van der Waals surface area contributed by atoms with Crippen molar-refractivity contribution in [3.63, 3.8) is 0 Å². The molecule has 0 spiro atoms. The maximum atomic E-state index is 11.7. The molecule has 0 bridgehead atoms. The largest absolute Gasteiger partial charge is 0.444 e. The third-order valence-electron chi connectivity index (χ3n) is 2.57. The Labute approximate surface area is 141 Å². The summed E-state index contributed by atoms with van der Waals surface area (Å²) >= 11 is 6.13. The molecule has 0 atom stereocenters. The number of carbonyl (C=O) groups excluding carboxylic acids is 1. The molecular weight excluding hydrogens is 344 g/mol. The zero-order valence-corrected chi connectivity index (χ0v) is 15.3. The van der Waals surface area contributed by atoms with Crippen LogP contribution in [0.25, 0.3) is 0 Å². The third-order valence-corrected chi connectivity index (χ3v) is 3.94. The predicted octanol–water partition coefficient (Wildman–Crippen LogP) is 3.01. The van der Waals surface area contributed by atoms with Gasteiger partial charge in [0.1, 0.15) is 5.60 Å². The molecule has 1 amide bonds. The summed E-state index contributed by atoms with van der Waals surface area (Å²) < 4.78 is 29.0. The normalized spacial score (nSPS) is 12.3. The first-order valence-electron chi connectivity index (χ1n) is 6.72. The van der Waals surface area contributed by atoms with E-state index >= 15 is 0 Å². The Morgan fingerprint density at radius 3 is 2.39 bits per heavy atom. The van der Waals surface area contributed by atoms with Crippen molar-refractivity contribution in [3.8, 4) is 0 Å². The fourth-order valence-corrected chi connectivity index (χ4v) is 2.52. The molecule has 0 heterocycles. The average Bonchev–Trinajstić information content (AvgIpc) is 2.33. The minimum Gasteiger partial charge on any atom is -0.444 e. The van der Waals surface area contributed by atoms with Crippen molar-refractivity contribution in [1.29, 1.82) is 0 Å². The molecule has 1 N–H and O–H groups in total. The van der Waals surface area contributed by atoms with Crippen LogP contribution in [-0.4, -0.2) is 37.9 Å². The van der Waals surface area contributed by atoms with Gasteiger partial charge in [-0.15, -0.1) is 0 Å². The fourth-order valence-electron chi connectivity index (χ4n) is 1.63. The molecule has 1 rings (SSSR count). The number of hydroxylamine groups is 1. The molecule has 1 aromatic carbocycles. The maximum absolute atomic E-state index is 11.7. The molecule has 0 radical (unpaired) electrons. The van der Waals surface area contributed by atoms with Crippen LogP contribution >= 0.6 is 11.6 Å². The Hall–Kier alpha value is -1.35. The maximum Gasteiger partial charge on any atom is 0.412 e. The smallest absolute Gasteiger partial charge is 0.412 e. The fraction of sp³-hybridized carbons (Fsp3) is 0.500. The number of nitrogens with zero attached hydrogens (tertiary/aromatic N) is 1. The second kappa shape index (κ2) is 7.48. The molecule has 7 nitrogen and oxygen atoms in total. The van der Waals surface area contributed by atoms with E-state index in [2.05, 4.69) is 5.32 Å². The number of nitrogens with one attached hydrogen (secondary N) is 1. The molecule has 0 saturated heterocycles. The number of amides is 1. The van der Waals surface area contributed by atoms with Gasteiger partial charge in [-0.05, 0) is 38.5 Å². The van der Waals surface area contributed by atoms with Gasteiger partial charge in [-0.25, -0.2) is 13.2 Å². The van der Waals surface area contributed by atoms with E-state index < -0.39 is 21.7 Å². The lowest BCUT2D eigenvalue weighted by atomic mass is 10.2. The Balaban J connectivity index is 2.84. The quantitative estimate of drug-likeness (QED) is 0.812. The highest BCUT2D eigenvalue weighted by molar-refractivity contribution is 7.88. The number of anilines is 1. The number of rotatable bonds is 5. The van der Waals surface area contributed by atoms with Gasteiger partial charge < -0.3 is 4.74 Å². The highest BCUT2D eigenvalue weighted by Crippen LogP contribution is 2.23. The van der Waals surface area contributed by atoms with Crippen LogP contribution in [0.5, 0.6) is 0 Å². The summed E-state index contributed by atoms with van der Waals surface area (Å²) in [7, 11) is -2.26. The molecule has 0 unspecified atom stereocenters. The van der Waals surface area contributed by atoms with Gasteiger partial charge in [-0.2, -0.15) is 0 Å². The second-order valence-corrected chi connectivity index (χ2v) is 8.12. The topological polar surface area (TPSA) is 84.9 Å². The number of hydrogen-bond acceptors (Lipinski definition) is 5. The number of carbonyl (C=O) groups is 1. The van der Waals surface area contributed by atoms with E-state index in [9.17, 15) is 13.2 Å². The van der Waals surface area contributed by atoms with Crippen LogP contribution in [0.3, 0.4) is 0 Å². The minimum absolute atomic E-state index is 0.0408. The van der Waals surface area contributed by atoms with E-state index in [1.165, 1.54) is 13.2 Å². The zero-order chi connectivity index (χ0) is 17.8. The summed E-state index contributed by atoms with van der Waals surface area (Å²) in [6, 6.07) is 4.71. The van der Waals surface area contributed by atoms with Crippen LogP contribution in [0.1, 0.15) is 26.3 Å². The molecule has 0 aliphatic heterocycles. The van der Waals surface area contributed by atoms with Crippen molar-refractivity contribution >= 4 is 33.4 Å². The van der Waals surface area contributed by atoms with Crippen LogP contribution in [0.4, 0.5) is 10.5 Å². The van der Waals surface area contributed by atoms with Crippen molar-refractivity contribution in [3.05, 3.63) is 28.8 Å². The monoisotopic (exact) mass is 364 g/mol. The lowest BCUT2D eigenvalue weighted by molar-refractivity contribution is -0.0549. The molecule has 0 aliphatic rings. The second-order valence-electron chi connectivity index (χ2n) is 5.84. The number of benzene rings is 1. The van der Waals surface area contributed by atoms with E-state index in [0.29, 0.717) is 16.3 Å². The standard InChI is InChI=1S/C14H21ClN2O5S/c1-14(2,3)22-13(18)16-11-7-6-10(12(15)8-11)9-17(21-4)23(5,19)20/h6-8H,9H2,1-5H3,(H,16,18).